The zero-order chi connectivity index (χ0) is 14.9. The summed E-state index contributed by atoms with van der Waals surface area (Å²) >= 11 is 0. The highest BCUT2D eigenvalue weighted by molar-refractivity contribution is 5.79. The van der Waals surface area contributed by atoms with E-state index < -0.39 is 5.60 Å². The van der Waals surface area contributed by atoms with Crippen LogP contribution in [0.25, 0.3) is 0 Å². The SMILES string of the molecule is CC(=NC1[C@@H]2CC[C@H]1CN(C(=O)OC(C)(C)C)C2)NN. The Labute approximate surface area is 120 Å². The summed E-state index contributed by atoms with van der Waals surface area (Å²) in [5, 5.41) is 0. The minimum atomic E-state index is -0.439. The standard InChI is InChI=1S/C14H26N4O2/c1-9(17-15)16-12-10-5-6-11(12)8-18(7-10)13(19)20-14(2,3)4/h10-12H,5-8,15H2,1-4H3,(H,16,17)/t10-,11+,12?. The van der Waals surface area contributed by atoms with Crippen molar-refractivity contribution in [3.8, 4) is 0 Å². The summed E-state index contributed by atoms with van der Waals surface area (Å²) in [6.45, 7) is 9.03. The van der Waals surface area contributed by atoms with Gasteiger partial charge in [-0.2, -0.15) is 0 Å². The molecule has 6 heteroatoms. The van der Waals surface area contributed by atoms with Crippen molar-refractivity contribution in [2.24, 2.45) is 22.7 Å². The quantitative estimate of drug-likeness (QED) is 0.331. The first-order valence-electron chi connectivity index (χ1n) is 7.29. The molecule has 0 radical (unpaired) electrons. The Morgan fingerprint density at radius 2 is 1.85 bits per heavy atom. The number of nitrogens with two attached hydrogens (primary N) is 1. The molecule has 2 bridgehead atoms. The molecule has 6 nitrogen and oxygen atoms in total. The Bertz CT molecular complexity index is 388. The maximum atomic E-state index is 12.2. The van der Waals surface area contributed by atoms with Crippen LogP contribution in [-0.4, -0.2) is 41.6 Å². The molecule has 1 aliphatic heterocycles. The van der Waals surface area contributed by atoms with Gasteiger partial charge < -0.3 is 15.1 Å². The van der Waals surface area contributed by atoms with Gasteiger partial charge in [0, 0.05) is 13.1 Å². The molecule has 3 atom stereocenters. The van der Waals surface area contributed by atoms with Crippen LogP contribution in [0, 0.1) is 11.8 Å². The number of carbonyl (C=O) groups is 1. The summed E-state index contributed by atoms with van der Waals surface area (Å²) in [6.07, 6.45) is 2.04. The van der Waals surface area contributed by atoms with E-state index in [1.54, 1.807) is 0 Å². The van der Waals surface area contributed by atoms with E-state index in [0.29, 0.717) is 11.8 Å². The number of amides is 1. The van der Waals surface area contributed by atoms with Gasteiger partial charge in [0.25, 0.3) is 0 Å². The minimum Gasteiger partial charge on any atom is -0.444 e. The molecule has 0 aromatic rings. The van der Waals surface area contributed by atoms with Crippen molar-refractivity contribution in [3.63, 3.8) is 0 Å². The zero-order valence-corrected chi connectivity index (χ0v) is 12.8. The van der Waals surface area contributed by atoms with Gasteiger partial charge in [-0.25, -0.2) is 10.6 Å². The largest absolute Gasteiger partial charge is 0.444 e. The molecule has 20 heavy (non-hydrogen) atoms. The van der Waals surface area contributed by atoms with Crippen LogP contribution in [0.4, 0.5) is 4.79 Å². The van der Waals surface area contributed by atoms with Crippen LogP contribution in [0.3, 0.4) is 0 Å². The molecule has 1 saturated heterocycles. The van der Waals surface area contributed by atoms with E-state index in [1.165, 1.54) is 0 Å². The molecular weight excluding hydrogens is 256 g/mol. The fraction of sp³-hybridized carbons (Fsp3) is 0.857. The van der Waals surface area contributed by atoms with Crippen LogP contribution < -0.4 is 11.3 Å². The average Bonchev–Trinajstić information content (AvgIpc) is 2.59. The molecule has 0 spiro atoms. The van der Waals surface area contributed by atoms with Gasteiger partial charge in [0.15, 0.2) is 0 Å². The Morgan fingerprint density at radius 3 is 2.30 bits per heavy atom. The molecular formula is C14H26N4O2. The van der Waals surface area contributed by atoms with Crippen molar-refractivity contribution < 1.29 is 9.53 Å². The Kier molecular flexibility index (Phi) is 4.22. The molecule has 0 aromatic carbocycles. The van der Waals surface area contributed by atoms with Gasteiger partial charge in [-0.05, 0) is 52.4 Å². The van der Waals surface area contributed by atoms with Crippen molar-refractivity contribution in [3.05, 3.63) is 0 Å². The number of hydrogen-bond donors (Lipinski definition) is 2. The van der Waals surface area contributed by atoms with Gasteiger partial charge in [-0.3, -0.25) is 4.99 Å². The van der Waals surface area contributed by atoms with Crippen molar-refractivity contribution in [1.29, 1.82) is 0 Å². The second-order valence-corrected chi connectivity index (χ2v) is 6.83. The van der Waals surface area contributed by atoms with E-state index in [0.717, 1.165) is 31.8 Å². The summed E-state index contributed by atoms with van der Waals surface area (Å²) in [7, 11) is 0. The van der Waals surface area contributed by atoms with Gasteiger partial charge in [0.1, 0.15) is 11.4 Å². The maximum absolute atomic E-state index is 12.2. The number of nitrogens with zero attached hydrogens (tertiary/aromatic N) is 2. The Hall–Kier alpha value is -1.30. The van der Waals surface area contributed by atoms with E-state index in [1.807, 2.05) is 32.6 Å². The van der Waals surface area contributed by atoms with E-state index in [-0.39, 0.29) is 12.1 Å². The average molecular weight is 282 g/mol. The summed E-state index contributed by atoms with van der Waals surface area (Å²) < 4.78 is 5.46. The molecule has 1 unspecified atom stereocenters. The van der Waals surface area contributed by atoms with Crippen LogP contribution >= 0.6 is 0 Å². The van der Waals surface area contributed by atoms with E-state index in [4.69, 9.17) is 10.6 Å². The number of likely N-dealkylation sites (tertiary alicyclic amines) is 1. The maximum Gasteiger partial charge on any atom is 0.410 e. The number of hydrazine groups is 1. The lowest BCUT2D eigenvalue weighted by Gasteiger charge is -2.37. The first kappa shape index (κ1) is 15.1. The molecule has 0 aromatic heterocycles. The summed E-state index contributed by atoms with van der Waals surface area (Å²) in [5.41, 5.74) is 2.15. The Morgan fingerprint density at radius 1 is 1.30 bits per heavy atom. The van der Waals surface area contributed by atoms with Crippen LogP contribution in [0.1, 0.15) is 40.5 Å². The topological polar surface area (TPSA) is 80.0 Å². The highest BCUT2D eigenvalue weighted by Crippen LogP contribution is 2.39. The highest BCUT2D eigenvalue weighted by atomic mass is 16.6. The van der Waals surface area contributed by atoms with Crippen molar-refractivity contribution >= 4 is 11.9 Å². The number of fused-ring (bicyclic) bond motifs is 2. The predicted octanol–water partition coefficient (Wildman–Crippen LogP) is 1.51. The third-order valence-corrected chi connectivity index (χ3v) is 3.99. The van der Waals surface area contributed by atoms with Gasteiger partial charge >= 0.3 is 6.09 Å². The fourth-order valence-corrected chi connectivity index (χ4v) is 3.14. The molecule has 1 aliphatic carbocycles. The molecule has 2 rings (SSSR count). The number of carbonyl (C=O) groups excluding carboxylic acids is 1. The molecule has 1 amide bonds. The molecule has 2 aliphatic rings. The van der Waals surface area contributed by atoms with Gasteiger partial charge in [-0.15, -0.1) is 0 Å². The van der Waals surface area contributed by atoms with E-state index in [2.05, 4.69) is 10.4 Å². The molecule has 114 valence electrons. The third kappa shape index (κ3) is 3.42. The summed E-state index contributed by atoms with van der Waals surface area (Å²) in [6, 6.07) is 0.282. The third-order valence-electron chi connectivity index (χ3n) is 3.99. The lowest BCUT2D eigenvalue weighted by molar-refractivity contribution is 0.0134. The van der Waals surface area contributed by atoms with Crippen LogP contribution in [0.5, 0.6) is 0 Å². The second kappa shape index (κ2) is 5.60. The Balaban J connectivity index is 2.00. The van der Waals surface area contributed by atoms with Crippen LogP contribution in [-0.2, 0) is 4.74 Å². The van der Waals surface area contributed by atoms with Crippen molar-refractivity contribution in [2.45, 2.75) is 52.2 Å². The number of ether oxygens (including phenoxy) is 1. The zero-order valence-electron chi connectivity index (χ0n) is 12.8. The summed E-state index contributed by atoms with van der Waals surface area (Å²) in [5.74, 6) is 6.98. The highest BCUT2D eigenvalue weighted by Gasteiger charge is 2.44. The molecule has 2 fully saturated rings. The first-order valence-corrected chi connectivity index (χ1v) is 7.29. The lowest BCUT2D eigenvalue weighted by Crippen LogP contribution is -2.49. The number of piperidine rings is 1. The number of nitrogens with one attached hydrogen (secondary N) is 1. The number of rotatable bonds is 1. The molecule has 3 N–H and O–H groups in total. The molecule has 1 saturated carbocycles. The number of amidine groups is 1. The number of aliphatic imine (C=N–C) groups is 1. The monoisotopic (exact) mass is 282 g/mol. The van der Waals surface area contributed by atoms with Crippen LogP contribution in [0.2, 0.25) is 0 Å². The minimum absolute atomic E-state index is 0.203. The van der Waals surface area contributed by atoms with Crippen LogP contribution in [0.15, 0.2) is 4.99 Å². The smallest absolute Gasteiger partial charge is 0.410 e. The molecule has 1 heterocycles. The van der Waals surface area contributed by atoms with E-state index >= 15 is 0 Å². The number of hydrogen-bond acceptors (Lipinski definition) is 4. The summed E-state index contributed by atoms with van der Waals surface area (Å²) in [4.78, 5) is 18.6. The second-order valence-electron chi connectivity index (χ2n) is 6.83. The normalized spacial score (nSPS) is 30.4. The van der Waals surface area contributed by atoms with Crippen molar-refractivity contribution in [2.75, 3.05) is 13.1 Å². The van der Waals surface area contributed by atoms with Gasteiger partial charge in [-0.1, -0.05) is 0 Å². The van der Waals surface area contributed by atoms with Gasteiger partial charge in [0.2, 0.25) is 0 Å². The fourth-order valence-electron chi connectivity index (χ4n) is 3.14. The van der Waals surface area contributed by atoms with Gasteiger partial charge in [0.05, 0.1) is 6.04 Å². The predicted molar refractivity (Wildman–Crippen MR) is 78.2 cm³/mol. The lowest BCUT2D eigenvalue weighted by atomic mass is 9.93. The first-order chi connectivity index (χ1) is 9.30. The van der Waals surface area contributed by atoms with Crippen molar-refractivity contribution in [1.82, 2.24) is 10.3 Å². The van der Waals surface area contributed by atoms with E-state index in [9.17, 15) is 4.79 Å².